The van der Waals surface area contributed by atoms with Crippen molar-refractivity contribution in [3.63, 3.8) is 0 Å². The predicted octanol–water partition coefficient (Wildman–Crippen LogP) is 11.7. The Kier molecular flexibility index (Phi) is 5.44. The standard InChI is InChI=1S/C44H30N2/c1-2-11-33(12-3-1)45-41-16-8-6-14-37(41)39-27-30(20-24-43(39)45)31-21-25-44-40(28-31)38-15-7-9-17-42(38)46(44)34-22-23-36-32(26-34)19-18-29-10-4-5-13-35(29)36/h1-8,10-16,18-28H,9,17H2. The van der Waals surface area contributed by atoms with Gasteiger partial charge in [0.1, 0.15) is 0 Å². The summed E-state index contributed by atoms with van der Waals surface area (Å²) in [5.41, 5.74) is 11.4. The van der Waals surface area contributed by atoms with Crippen LogP contribution in [0.4, 0.5) is 0 Å². The van der Waals surface area contributed by atoms with Gasteiger partial charge in [-0.1, -0.05) is 103 Å². The Morgan fingerprint density at radius 1 is 0.413 bits per heavy atom. The molecule has 2 aromatic heterocycles. The van der Waals surface area contributed by atoms with Gasteiger partial charge in [0.05, 0.1) is 16.6 Å². The number of fused-ring (bicyclic) bond motifs is 9. The summed E-state index contributed by atoms with van der Waals surface area (Å²) in [5.74, 6) is 0. The SMILES string of the molecule is C1=Cc2c(n(-c3ccc4c(ccc5ccccc54)c3)c3ccc(-c4ccc5c(c4)c4ccccc4n5-c4ccccc4)cc23)CC1. The highest BCUT2D eigenvalue weighted by Gasteiger charge is 2.20. The van der Waals surface area contributed by atoms with Crippen molar-refractivity contribution in [2.45, 2.75) is 12.8 Å². The van der Waals surface area contributed by atoms with E-state index in [1.54, 1.807) is 0 Å². The molecule has 0 saturated carbocycles. The molecule has 0 fully saturated rings. The van der Waals surface area contributed by atoms with E-state index < -0.39 is 0 Å². The van der Waals surface area contributed by atoms with Crippen LogP contribution < -0.4 is 0 Å². The van der Waals surface area contributed by atoms with Crippen molar-refractivity contribution in [2.75, 3.05) is 0 Å². The van der Waals surface area contributed by atoms with Crippen molar-refractivity contribution in [3.8, 4) is 22.5 Å². The number of hydrogen-bond acceptors (Lipinski definition) is 0. The summed E-state index contributed by atoms with van der Waals surface area (Å²) in [6, 6.07) is 53.6. The molecule has 0 N–H and O–H groups in total. The molecule has 9 aromatic rings. The zero-order valence-electron chi connectivity index (χ0n) is 25.3. The van der Waals surface area contributed by atoms with E-state index in [4.69, 9.17) is 0 Å². The summed E-state index contributed by atoms with van der Waals surface area (Å²) in [4.78, 5) is 0. The van der Waals surface area contributed by atoms with Crippen molar-refractivity contribution in [3.05, 3.63) is 163 Å². The maximum atomic E-state index is 2.50. The summed E-state index contributed by atoms with van der Waals surface area (Å²) in [6.45, 7) is 0. The Morgan fingerprint density at radius 3 is 1.96 bits per heavy atom. The molecule has 0 saturated heterocycles. The van der Waals surface area contributed by atoms with Gasteiger partial charge in [0.2, 0.25) is 0 Å². The molecule has 0 radical (unpaired) electrons. The summed E-state index contributed by atoms with van der Waals surface area (Å²) in [5, 5.41) is 9.04. The highest BCUT2D eigenvalue weighted by molar-refractivity contribution is 6.11. The fourth-order valence-electron chi connectivity index (χ4n) is 7.84. The lowest BCUT2D eigenvalue weighted by atomic mass is 9.98. The van der Waals surface area contributed by atoms with Gasteiger partial charge < -0.3 is 9.13 Å². The number of rotatable bonds is 3. The molecule has 0 unspecified atom stereocenters. The van der Waals surface area contributed by atoms with E-state index in [0.717, 1.165) is 12.8 Å². The molecule has 1 aliphatic rings. The maximum Gasteiger partial charge on any atom is 0.0541 e. The number of nitrogens with zero attached hydrogens (tertiary/aromatic N) is 2. The first kappa shape index (κ1) is 25.5. The van der Waals surface area contributed by atoms with E-state index in [0.29, 0.717) is 0 Å². The smallest absolute Gasteiger partial charge is 0.0541 e. The lowest BCUT2D eigenvalue weighted by molar-refractivity contribution is 0.889. The van der Waals surface area contributed by atoms with Gasteiger partial charge >= 0.3 is 0 Å². The molecule has 7 aromatic carbocycles. The number of allylic oxidation sites excluding steroid dienone is 1. The minimum absolute atomic E-state index is 1.04. The van der Waals surface area contributed by atoms with Gasteiger partial charge in [-0.2, -0.15) is 0 Å². The van der Waals surface area contributed by atoms with Crippen LogP contribution in [0.2, 0.25) is 0 Å². The highest BCUT2D eigenvalue weighted by Crippen LogP contribution is 2.39. The normalized spacial score (nSPS) is 13.0. The summed E-state index contributed by atoms with van der Waals surface area (Å²) in [7, 11) is 0. The van der Waals surface area contributed by atoms with Crippen molar-refractivity contribution in [2.24, 2.45) is 0 Å². The molecule has 0 aliphatic heterocycles. The Bertz CT molecular complexity index is 2680. The monoisotopic (exact) mass is 586 g/mol. The number of hydrogen-bond donors (Lipinski definition) is 0. The molecule has 2 nitrogen and oxygen atoms in total. The predicted molar refractivity (Wildman–Crippen MR) is 195 cm³/mol. The number of para-hydroxylation sites is 2. The molecule has 1 aliphatic carbocycles. The Morgan fingerprint density at radius 2 is 1.09 bits per heavy atom. The van der Waals surface area contributed by atoms with Crippen LogP contribution in [-0.2, 0) is 6.42 Å². The van der Waals surface area contributed by atoms with E-state index >= 15 is 0 Å². The van der Waals surface area contributed by atoms with Crippen molar-refractivity contribution in [1.29, 1.82) is 0 Å². The molecule has 0 spiro atoms. The molecule has 2 heteroatoms. The van der Waals surface area contributed by atoms with Gasteiger partial charge in [-0.15, -0.1) is 0 Å². The number of aromatic nitrogens is 2. The molecule has 46 heavy (non-hydrogen) atoms. The summed E-state index contributed by atoms with van der Waals surface area (Å²) in [6.07, 6.45) is 6.77. The van der Waals surface area contributed by atoms with Crippen LogP contribution in [0.3, 0.4) is 0 Å². The molecule has 2 heterocycles. The van der Waals surface area contributed by atoms with Crippen LogP contribution >= 0.6 is 0 Å². The Hall–Kier alpha value is -5.86. The van der Waals surface area contributed by atoms with Gasteiger partial charge in [0, 0.05) is 38.8 Å². The average Bonchev–Trinajstić information content (AvgIpc) is 3.64. The van der Waals surface area contributed by atoms with Gasteiger partial charge in [0.25, 0.3) is 0 Å². The highest BCUT2D eigenvalue weighted by atomic mass is 15.0. The van der Waals surface area contributed by atoms with Gasteiger partial charge in [-0.25, -0.2) is 0 Å². The zero-order chi connectivity index (χ0) is 30.2. The molecule has 0 amide bonds. The molecular weight excluding hydrogens is 556 g/mol. The topological polar surface area (TPSA) is 9.86 Å². The van der Waals surface area contributed by atoms with E-state index in [2.05, 4.69) is 167 Å². The van der Waals surface area contributed by atoms with Crippen LogP contribution in [0.25, 0.3) is 82.8 Å². The fraction of sp³-hybridized carbons (Fsp3) is 0.0455. The molecule has 10 rings (SSSR count). The second-order valence-corrected chi connectivity index (χ2v) is 12.5. The van der Waals surface area contributed by atoms with Crippen LogP contribution in [0.1, 0.15) is 17.7 Å². The van der Waals surface area contributed by atoms with Crippen molar-refractivity contribution >= 4 is 60.3 Å². The number of benzene rings is 7. The maximum absolute atomic E-state index is 2.50. The van der Waals surface area contributed by atoms with E-state index in [1.165, 1.54) is 88.0 Å². The lowest BCUT2D eigenvalue weighted by Gasteiger charge is -2.14. The van der Waals surface area contributed by atoms with Gasteiger partial charge in [-0.05, 0) is 100 Å². The van der Waals surface area contributed by atoms with Crippen LogP contribution in [0, 0.1) is 0 Å². The second-order valence-electron chi connectivity index (χ2n) is 12.5. The fourth-order valence-corrected chi connectivity index (χ4v) is 7.84. The Balaban J connectivity index is 1.15. The molecular formula is C44H30N2. The van der Waals surface area contributed by atoms with E-state index in [-0.39, 0.29) is 0 Å². The van der Waals surface area contributed by atoms with Crippen molar-refractivity contribution in [1.82, 2.24) is 9.13 Å². The van der Waals surface area contributed by atoms with Crippen molar-refractivity contribution < 1.29 is 0 Å². The molecule has 216 valence electrons. The summed E-state index contributed by atoms with van der Waals surface area (Å²) < 4.78 is 4.88. The molecule has 0 bridgehead atoms. The average molecular weight is 587 g/mol. The molecule has 0 atom stereocenters. The second kappa shape index (κ2) is 9.82. The zero-order valence-corrected chi connectivity index (χ0v) is 25.3. The largest absolute Gasteiger partial charge is 0.313 e. The minimum atomic E-state index is 1.04. The minimum Gasteiger partial charge on any atom is -0.313 e. The first-order chi connectivity index (χ1) is 22.8. The first-order valence-corrected chi connectivity index (χ1v) is 16.2. The van der Waals surface area contributed by atoms with Gasteiger partial charge in [0.15, 0.2) is 0 Å². The van der Waals surface area contributed by atoms with Crippen LogP contribution in [0.5, 0.6) is 0 Å². The van der Waals surface area contributed by atoms with E-state index in [9.17, 15) is 0 Å². The van der Waals surface area contributed by atoms with Crippen LogP contribution in [0.15, 0.2) is 152 Å². The first-order valence-electron chi connectivity index (χ1n) is 16.2. The lowest BCUT2D eigenvalue weighted by Crippen LogP contribution is -2.02. The summed E-state index contributed by atoms with van der Waals surface area (Å²) >= 11 is 0. The Labute approximate surface area is 267 Å². The third-order valence-corrected chi connectivity index (χ3v) is 9.95. The quantitative estimate of drug-likeness (QED) is 0.182. The third kappa shape index (κ3) is 3.71. The van der Waals surface area contributed by atoms with Crippen LogP contribution in [-0.4, -0.2) is 9.13 Å². The third-order valence-electron chi connectivity index (χ3n) is 9.95. The van der Waals surface area contributed by atoms with E-state index in [1.807, 2.05) is 0 Å². The van der Waals surface area contributed by atoms with Gasteiger partial charge in [-0.3, -0.25) is 0 Å².